The zero-order chi connectivity index (χ0) is 23.4. The molecule has 0 fully saturated rings. The van der Waals surface area contributed by atoms with E-state index >= 15 is 0 Å². The van der Waals surface area contributed by atoms with E-state index in [4.69, 9.17) is 0 Å². The maximum Gasteiger partial charge on any atom is 0.355 e. The zero-order valence-electron chi connectivity index (χ0n) is 14.2. The Bertz CT molecular complexity index is 1220. The predicted octanol–water partition coefficient (Wildman–Crippen LogP) is 5.50. The van der Waals surface area contributed by atoms with Crippen LogP contribution in [0.2, 0.25) is 0 Å². The van der Waals surface area contributed by atoms with Crippen LogP contribution < -0.4 is 0 Å². The van der Waals surface area contributed by atoms with Crippen molar-refractivity contribution in [2.75, 3.05) is 0 Å². The van der Waals surface area contributed by atoms with Gasteiger partial charge in [-0.1, -0.05) is 0 Å². The second-order valence-corrected chi connectivity index (χ2v) is 5.79. The van der Waals surface area contributed by atoms with Gasteiger partial charge >= 0.3 is 5.97 Å². The molecule has 3 nitrogen and oxygen atoms in total. The lowest BCUT2D eigenvalue weighted by atomic mass is 9.99. The van der Waals surface area contributed by atoms with Crippen LogP contribution in [0, 0.1) is 58.2 Å². The Morgan fingerprint density at radius 3 is 1.32 bits per heavy atom. The molecule has 1 N–H and O–H groups in total. The van der Waals surface area contributed by atoms with Crippen LogP contribution >= 0.6 is 0 Å². The van der Waals surface area contributed by atoms with E-state index in [2.05, 4.69) is 4.98 Å². The monoisotopic (exact) mass is 455 g/mol. The van der Waals surface area contributed by atoms with Crippen molar-refractivity contribution in [3.05, 3.63) is 76.0 Å². The summed E-state index contributed by atoms with van der Waals surface area (Å²) in [5, 5.41) is 9.20. The third kappa shape index (κ3) is 3.25. The molecule has 0 atom stereocenters. The Morgan fingerprint density at radius 1 is 0.581 bits per heavy atom. The van der Waals surface area contributed by atoms with Gasteiger partial charge in [0.2, 0.25) is 11.6 Å². The van der Waals surface area contributed by atoms with E-state index in [9.17, 15) is 53.8 Å². The van der Waals surface area contributed by atoms with Crippen LogP contribution in [-0.4, -0.2) is 16.1 Å². The molecular formula is C18H3F10NO2. The SMILES string of the molecule is O=C(O)c1nc(-c2c(F)c(F)c(F)c(F)c2F)ccc1-c1c(F)c(F)c(F)c(F)c1F. The number of aromatic nitrogens is 1. The number of nitrogens with zero attached hydrogens (tertiary/aromatic N) is 1. The van der Waals surface area contributed by atoms with Gasteiger partial charge in [0.25, 0.3) is 0 Å². The van der Waals surface area contributed by atoms with Gasteiger partial charge in [-0.15, -0.1) is 0 Å². The molecular weight excluding hydrogens is 452 g/mol. The maximum atomic E-state index is 14.0. The van der Waals surface area contributed by atoms with Crippen molar-refractivity contribution in [1.82, 2.24) is 4.98 Å². The first-order valence-corrected chi connectivity index (χ1v) is 7.68. The number of hydrogen-bond acceptors (Lipinski definition) is 2. The standard InChI is InChI=1S/C18H3F10NO2/c19-7-5(8(20)12(24)15(27)11(7)23)3-1-2-4(29-17(3)18(30)31)6-9(21)13(25)16(28)14(26)10(6)22/h1-2H,(H,30,31). The molecule has 0 saturated heterocycles. The van der Waals surface area contributed by atoms with Crippen molar-refractivity contribution in [3.63, 3.8) is 0 Å². The molecule has 0 unspecified atom stereocenters. The van der Waals surface area contributed by atoms with E-state index in [1.165, 1.54) is 0 Å². The van der Waals surface area contributed by atoms with Gasteiger partial charge < -0.3 is 5.11 Å². The fourth-order valence-electron chi connectivity index (χ4n) is 2.63. The molecule has 3 aromatic rings. The Morgan fingerprint density at radius 2 is 0.935 bits per heavy atom. The highest BCUT2D eigenvalue weighted by Gasteiger charge is 2.32. The Kier molecular flexibility index (Phi) is 5.38. The molecule has 0 aliphatic carbocycles. The van der Waals surface area contributed by atoms with Crippen molar-refractivity contribution in [2.45, 2.75) is 0 Å². The number of benzene rings is 2. The van der Waals surface area contributed by atoms with Gasteiger partial charge in [-0.25, -0.2) is 53.7 Å². The minimum atomic E-state index is -2.54. The Labute approximate surface area is 164 Å². The fourth-order valence-corrected chi connectivity index (χ4v) is 2.63. The van der Waals surface area contributed by atoms with Crippen LogP contribution in [0.4, 0.5) is 43.9 Å². The smallest absolute Gasteiger partial charge is 0.355 e. The minimum absolute atomic E-state index is 0.335. The average Bonchev–Trinajstić information content (AvgIpc) is 2.74. The molecule has 0 amide bonds. The average molecular weight is 455 g/mol. The van der Waals surface area contributed by atoms with Crippen molar-refractivity contribution in [1.29, 1.82) is 0 Å². The maximum absolute atomic E-state index is 14.0. The van der Waals surface area contributed by atoms with E-state index < -0.39 is 92.2 Å². The molecule has 162 valence electrons. The number of carbonyl (C=O) groups is 1. The Balaban J connectivity index is 2.37. The first-order chi connectivity index (χ1) is 14.4. The van der Waals surface area contributed by atoms with Crippen molar-refractivity contribution < 1.29 is 53.8 Å². The fraction of sp³-hybridized carbons (Fsp3) is 0. The molecule has 0 aliphatic rings. The highest BCUT2D eigenvalue weighted by molar-refractivity contribution is 5.95. The van der Waals surface area contributed by atoms with Crippen molar-refractivity contribution in [2.24, 2.45) is 0 Å². The number of rotatable bonds is 3. The summed E-state index contributed by atoms with van der Waals surface area (Å²) < 4.78 is 136. The molecule has 13 heteroatoms. The van der Waals surface area contributed by atoms with Crippen LogP contribution in [0.15, 0.2) is 12.1 Å². The number of halogens is 10. The van der Waals surface area contributed by atoms with Crippen LogP contribution in [0.5, 0.6) is 0 Å². The molecule has 1 aromatic heterocycles. The van der Waals surface area contributed by atoms with Crippen LogP contribution in [0.25, 0.3) is 22.4 Å². The summed E-state index contributed by atoms with van der Waals surface area (Å²) in [7, 11) is 0. The summed E-state index contributed by atoms with van der Waals surface area (Å²) >= 11 is 0. The van der Waals surface area contributed by atoms with Gasteiger partial charge in [-0.3, -0.25) is 0 Å². The summed E-state index contributed by atoms with van der Waals surface area (Å²) in [5.41, 5.74) is -7.30. The van der Waals surface area contributed by atoms with E-state index in [1.54, 1.807) is 0 Å². The zero-order valence-corrected chi connectivity index (χ0v) is 14.2. The molecule has 0 aliphatic heterocycles. The lowest BCUT2D eigenvalue weighted by Crippen LogP contribution is -2.11. The van der Waals surface area contributed by atoms with E-state index in [-0.39, 0.29) is 0 Å². The molecule has 0 spiro atoms. The summed E-state index contributed by atoms with van der Waals surface area (Å²) in [6, 6.07) is 0.709. The molecule has 0 radical (unpaired) electrons. The summed E-state index contributed by atoms with van der Waals surface area (Å²) in [6.45, 7) is 0. The van der Waals surface area contributed by atoms with Crippen LogP contribution in [0.1, 0.15) is 10.5 Å². The lowest BCUT2D eigenvalue weighted by molar-refractivity contribution is 0.0691. The number of pyridine rings is 1. The quantitative estimate of drug-likeness (QED) is 0.322. The minimum Gasteiger partial charge on any atom is -0.476 e. The highest BCUT2D eigenvalue weighted by Crippen LogP contribution is 2.36. The lowest BCUT2D eigenvalue weighted by Gasteiger charge is -2.13. The van der Waals surface area contributed by atoms with Gasteiger partial charge in [-0.2, -0.15) is 0 Å². The van der Waals surface area contributed by atoms with Crippen LogP contribution in [-0.2, 0) is 0 Å². The van der Waals surface area contributed by atoms with Crippen molar-refractivity contribution in [3.8, 4) is 22.4 Å². The van der Waals surface area contributed by atoms with Gasteiger partial charge in [-0.05, 0) is 12.1 Å². The van der Waals surface area contributed by atoms with Gasteiger partial charge in [0.15, 0.2) is 52.2 Å². The second kappa shape index (κ2) is 7.56. The Hall–Kier alpha value is -3.64. The first-order valence-electron chi connectivity index (χ1n) is 7.68. The third-order valence-corrected chi connectivity index (χ3v) is 4.04. The molecule has 2 aromatic carbocycles. The van der Waals surface area contributed by atoms with Crippen LogP contribution in [0.3, 0.4) is 0 Å². The van der Waals surface area contributed by atoms with Crippen molar-refractivity contribution >= 4 is 5.97 Å². The highest BCUT2D eigenvalue weighted by atomic mass is 19.2. The molecule has 31 heavy (non-hydrogen) atoms. The molecule has 0 bridgehead atoms. The van der Waals surface area contributed by atoms with Gasteiger partial charge in [0, 0.05) is 5.56 Å². The molecule has 0 saturated carbocycles. The first kappa shape index (κ1) is 22.1. The largest absolute Gasteiger partial charge is 0.476 e. The number of aromatic carboxylic acids is 1. The topological polar surface area (TPSA) is 50.2 Å². The van der Waals surface area contributed by atoms with E-state index in [1.807, 2.05) is 0 Å². The normalized spacial score (nSPS) is 11.2. The van der Waals surface area contributed by atoms with E-state index in [0.29, 0.717) is 12.1 Å². The predicted molar refractivity (Wildman–Crippen MR) is 81.6 cm³/mol. The third-order valence-electron chi connectivity index (χ3n) is 4.04. The summed E-state index contributed by atoms with van der Waals surface area (Å²) in [5.74, 6) is -26.5. The van der Waals surface area contributed by atoms with E-state index in [0.717, 1.165) is 0 Å². The molecule has 1 heterocycles. The summed E-state index contributed by atoms with van der Waals surface area (Å²) in [4.78, 5) is 14.5. The second-order valence-electron chi connectivity index (χ2n) is 5.79. The van der Waals surface area contributed by atoms with Gasteiger partial charge in [0.05, 0.1) is 16.8 Å². The number of hydrogen-bond donors (Lipinski definition) is 1. The number of carboxylic acid groups (broad SMARTS) is 1. The van der Waals surface area contributed by atoms with Gasteiger partial charge in [0.1, 0.15) is 0 Å². The number of carboxylic acids is 1. The molecule has 3 rings (SSSR count). The summed E-state index contributed by atoms with van der Waals surface area (Å²) in [6.07, 6.45) is 0.